The van der Waals surface area contributed by atoms with E-state index in [1.807, 2.05) is 0 Å². The van der Waals surface area contributed by atoms with E-state index in [0.29, 0.717) is 5.92 Å². The van der Waals surface area contributed by atoms with E-state index in [0.717, 1.165) is 12.3 Å². The largest absolute Gasteiger partial charge is 0.289 e. The molecule has 0 saturated heterocycles. The first-order valence-corrected chi connectivity index (χ1v) is 7.65. The average molecular weight is 213 g/mol. The Morgan fingerprint density at radius 1 is 1.18 bits per heavy atom. The van der Waals surface area contributed by atoms with Crippen molar-refractivity contribution in [1.82, 2.24) is 0 Å². The molecule has 0 amide bonds. The number of hydrogen-bond donors (Lipinski definition) is 0. The fourth-order valence-corrected chi connectivity index (χ4v) is 5.32. The average Bonchev–Trinajstić information content (AvgIpc) is 2.42. The second kappa shape index (κ2) is 2.65. The maximum atomic E-state index is 11.3. The molecule has 2 rings (SSSR count). The zero-order valence-corrected chi connectivity index (χ0v) is 8.58. The van der Waals surface area contributed by atoms with Gasteiger partial charge >= 0.3 is 0 Å². The molecule has 0 aromatic rings. The van der Waals surface area contributed by atoms with E-state index < -0.39 is 5.85 Å². The fraction of sp³-hybridized carbons (Fsp3) is 1.00. The van der Waals surface area contributed by atoms with Crippen LogP contribution in [0.25, 0.3) is 0 Å². The third kappa shape index (κ3) is 1.48. The number of halogens is 2. The van der Waals surface area contributed by atoms with Crippen LogP contribution in [0.15, 0.2) is 0 Å². The van der Waals surface area contributed by atoms with Crippen molar-refractivity contribution in [2.75, 3.05) is 0 Å². The van der Waals surface area contributed by atoms with Crippen LogP contribution in [0.4, 0.5) is 0 Å². The van der Waals surface area contributed by atoms with Crippen molar-refractivity contribution < 1.29 is 4.57 Å². The predicted molar refractivity (Wildman–Crippen MR) is 48.5 cm³/mol. The van der Waals surface area contributed by atoms with Gasteiger partial charge in [-0.3, -0.25) is 4.57 Å². The van der Waals surface area contributed by atoms with Crippen LogP contribution in [0, 0.1) is 11.8 Å². The van der Waals surface area contributed by atoms with Gasteiger partial charge in [-0.05, 0) is 53.6 Å². The minimum Gasteiger partial charge on any atom is -0.289 e. The lowest BCUT2D eigenvalue weighted by molar-refractivity contribution is 0.474. The van der Waals surface area contributed by atoms with E-state index >= 15 is 0 Å². The summed E-state index contributed by atoms with van der Waals surface area (Å²) in [5.74, 6) is -1.47. The van der Waals surface area contributed by atoms with Crippen molar-refractivity contribution in [1.29, 1.82) is 0 Å². The predicted octanol–water partition coefficient (Wildman–Crippen LogP) is 3.85. The highest BCUT2D eigenvalue weighted by Gasteiger charge is 2.47. The summed E-state index contributed by atoms with van der Waals surface area (Å²) in [6, 6.07) is 0. The van der Waals surface area contributed by atoms with Gasteiger partial charge in [0.05, 0.1) is 0 Å². The Morgan fingerprint density at radius 3 is 2.18 bits per heavy atom. The lowest BCUT2D eigenvalue weighted by Crippen LogP contribution is -2.12. The highest BCUT2D eigenvalue weighted by molar-refractivity contribution is 8.09. The Bertz CT molecular complexity index is 212. The van der Waals surface area contributed by atoms with Crippen LogP contribution in [-0.4, -0.2) is 5.66 Å². The van der Waals surface area contributed by atoms with Gasteiger partial charge in [-0.2, -0.15) is 0 Å². The Balaban J connectivity index is 2.14. The standard InChI is InChI=1S/C7H11Cl2OP/c8-11(9,10)7-4-5-1-2-6(7)3-5/h5-7H,1-4H2/t5-,6+,7-/m0/s1. The number of rotatable bonds is 1. The third-order valence-corrected chi connectivity index (χ3v) is 6.00. The highest BCUT2D eigenvalue weighted by atomic mass is 35.9. The Hall–Kier alpha value is 0.810. The first kappa shape index (κ1) is 8.41. The first-order valence-electron chi connectivity index (χ1n) is 4.06. The van der Waals surface area contributed by atoms with Crippen LogP contribution in [-0.2, 0) is 4.57 Å². The minimum atomic E-state index is -2.81. The molecule has 0 aliphatic heterocycles. The normalized spacial score (nSPS) is 43.3. The molecule has 1 nitrogen and oxygen atoms in total. The molecule has 0 heterocycles. The fourth-order valence-electron chi connectivity index (χ4n) is 2.58. The maximum Gasteiger partial charge on any atom is 0.256 e. The van der Waals surface area contributed by atoms with Gasteiger partial charge in [0, 0.05) is 5.66 Å². The first-order chi connectivity index (χ1) is 5.07. The highest BCUT2D eigenvalue weighted by Crippen LogP contribution is 2.69. The second-order valence-corrected chi connectivity index (χ2v) is 8.95. The van der Waals surface area contributed by atoms with Gasteiger partial charge in [0.2, 0.25) is 0 Å². The molecule has 3 atom stereocenters. The molecule has 0 radical (unpaired) electrons. The van der Waals surface area contributed by atoms with Crippen LogP contribution < -0.4 is 0 Å². The van der Waals surface area contributed by atoms with Crippen molar-refractivity contribution >= 4 is 28.3 Å². The van der Waals surface area contributed by atoms with Gasteiger partial charge in [-0.1, -0.05) is 6.42 Å². The zero-order valence-electron chi connectivity index (χ0n) is 6.17. The Labute approximate surface area is 76.4 Å². The van der Waals surface area contributed by atoms with E-state index in [9.17, 15) is 4.57 Å². The summed E-state index contributed by atoms with van der Waals surface area (Å²) in [7, 11) is 0. The van der Waals surface area contributed by atoms with E-state index in [1.165, 1.54) is 19.3 Å². The van der Waals surface area contributed by atoms with Crippen LogP contribution in [0.5, 0.6) is 0 Å². The molecule has 4 heteroatoms. The summed E-state index contributed by atoms with van der Waals surface area (Å²) < 4.78 is 11.3. The lowest BCUT2D eigenvalue weighted by atomic mass is 10.0. The molecule has 64 valence electrons. The third-order valence-electron chi connectivity index (χ3n) is 3.09. The van der Waals surface area contributed by atoms with Crippen molar-refractivity contribution in [3.63, 3.8) is 0 Å². The second-order valence-electron chi connectivity index (χ2n) is 3.74. The molecule has 0 aromatic carbocycles. The van der Waals surface area contributed by atoms with Gasteiger partial charge in [0.1, 0.15) is 0 Å². The van der Waals surface area contributed by atoms with Crippen molar-refractivity contribution in [3.05, 3.63) is 0 Å². The Morgan fingerprint density at radius 2 is 1.91 bits per heavy atom. The summed E-state index contributed by atoms with van der Waals surface area (Å²) in [6.07, 6.45) is 4.72. The van der Waals surface area contributed by atoms with Gasteiger partial charge < -0.3 is 0 Å². The summed E-state index contributed by atoms with van der Waals surface area (Å²) >= 11 is 11.3. The van der Waals surface area contributed by atoms with E-state index in [4.69, 9.17) is 22.5 Å². The number of fused-ring (bicyclic) bond motifs is 2. The van der Waals surface area contributed by atoms with Crippen LogP contribution in [0.2, 0.25) is 0 Å². The quantitative estimate of drug-likeness (QED) is 0.604. The molecule has 2 aliphatic rings. The van der Waals surface area contributed by atoms with Gasteiger partial charge in [0.25, 0.3) is 5.85 Å². The minimum absolute atomic E-state index is 0.129. The monoisotopic (exact) mass is 212 g/mol. The number of hydrogen-bond acceptors (Lipinski definition) is 1. The summed E-state index contributed by atoms with van der Waals surface area (Å²) in [4.78, 5) is 0. The smallest absolute Gasteiger partial charge is 0.256 e. The van der Waals surface area contributed by atoms with Crippen molar-refractivity contribution in [2.24, 2.45) is 11.8 Å². The van der Waals surface area contributed by atoms with E-state index in [2.05, 4.69) is 0 Å². The van der Waals surface area contributed by atoms with E-state index in [1.54, 1.807) is 0 Å². The molecule has 11 heavy (non-hydrogen) atoms. The van der Waals surface area contributed by atoms with Crippen molar-refractivity contribution in [3.8, 4) is 0 Å². The van der Waals surface area contributed by atoms with Gasteiger partial charge in [0.15, 0.2) is 0 Å². The molecule has 0 unspecified atom stereocenters. The molecular formula is C7H11Cl2OP. The van der Waals surface area contributed by atoms with Gasteiger partial charge in [-0.25, -0.2) is 0 Å². The van der Waals surface area contributed by atoms with Crippen LogP contribution in [0.3, 0.4) is 0 Å². The SMILES string of the molecule is O=P(Cl)(Cl)[C@H]1C[C@H]2CC[C@@H]1C2. The summed E-state index contributed by atoms with van der Waals surface area (Å²) in [6.45, 7) is 0. The van der Waals surface area contributed by atoms with Crippen LogP contribution >= 0.6 is 28.3 Å². The molecule has 0 spiro atoms. The summed E-state index contributed by atoms with van der Waals surface area (Å²) in [5.41, 5.74) is 0.129. The van der Waals surface area contributed by atoms with Crippen molar-refractivity contribution in [2.45, 2.75) is 31.3 Å². The van der Waals surface area contributed by atoms with E-state index in [-0.39, 0.29) is 5.66 Å². The zero-order chi connectivity index (χ0) is 8.06. The maximum absolute atomic E-state index is 11.3. The Kier molecular flexibility index (Phi) is 2.03. The lowest BCUT2D eigenvalue weighted by Gasteiger charge is -2.21. The molecule has 0 aromatic heterocycles. The molecule has 2 bridgehead atoms. The molecule has 0 N–H and O–H groups in total. The van der Waals surface area contributed by atoms with Gasteiger partial charge in [-0.15, -0.1) is 0 Å². The summed E-state index contributed by atoms with van der Waals surface area (Å²) in [5, 5.41) is 0. The molecule has 2 saturated carbocycles. The molecule has 2 fully saturated rings. The van der Waals surface area contributed by atoms with Crippen LogP contribution in [0.1, 0.15) is 25.7 Å². The topological polar surface area (TPSA) is 17.1 Å². The molecule has 2 aliphatic carbocycles. The molecular weight excluding hydrogens is 202 g/mol.